The first-order valence-corrected chi connectivity index (χ1v) is 8.17. The number of aliphatic hydroxyl groups is 1. The van der Waals surface area contributed by atoms with E-state index in [1.165, 1.54) is 6.07 Å². The van der Waals surface area contributed by atoms with Gasteiger partial charge in [-0.25, -0.2) is 0 Å². The lowest BCUT2D eigenvalue weighted by Gasteiger charge is -2.37. The second-order valence-corrected chi connectivity index (χ2v) is 6.40. The van der Waals surface area contributed by atoms with Crippen LogP contribution in [-0.2, 0) is 13.5 Å². The van der Waals surface area contributed by atoms with Gasteiger partial charge in [-0.05, 0) is 31.2 Å². The molecule has 3 rings (SSSR count). The minimum atomic E-state index is -0.308. The van der Waals surface area contributed by atoms with E-state index in [1.54, 1.807) is 16.9 Å². The summed E-state index contributed by atoms with van der Waals surface area (Å²) in [6, 6.07) is 2.79. The van der Waals surface area contributed by atoms with Crippen molar-refractivity contribution in [3.05, 3.63) is 51.7 Å². The molecule has 7 nitrogen and oxygen atoms in total. The lowest BCUT2D eigenvalue weighted by molar-refractivity contribution is 0.0235. The Morgan fingerprint density at radius 2 is 2.25 bits per heavy atom. The molecular weight excluding hydrogens is 308 g/mol. The van der Waals surface area contributed by atoms with Crippen molar-refractivity contribution in [2.24, 2.45) is 13.0 Å². The highest BCUT2D eigenvalue weighted by Gasteiger charge is 2.36. The molecule has 2 aromatic rings. The molecule has 0 spiro atoms. The maximum Gasteiger partial charge on any atom is 0.252 e. The summed E-state index contributed by atoms with van der Waals surface area (Å²) in [6.45, 7) is 1.92. The number of H-pyrrole nitrogens is 1. The molecule has 0 radical (unpaired) electrons. The van der Waals surface area contributed by atoms with Gasteiger partial charge in [0.1, 0.15) is 0 Å². The average molecular weight is 330 g/mol. The molecule has 1 aliphatic carbocycles. The summed E-state index contributed by atoms with van der Waals surface area (Å²) >= 11 is 0. The van der Waals surface area contributed by atoms with Crippen LogP contribution in [0.15, 0.2) is 29.3 Å². The predicted octanol–water partition coefficient (Wildman–Crippen LogP) is 0.913. The number of aryl methyl sites for hydroxylation is 2. The molecule has 0 aromatic carbocycles. The number of hydrogen-bond acceptors (Lipinski definition) is 4. The Balaban J connectivity index is 1.83. The topological polar surface area (TPSA) is 100 Å². The van der Waals surface area contributed by atoms with Gasteiger partial charge in [0.2, 0.25) is 5.56 Å². The van der Waals surface area contributed by atoms with Crippen molar-refractivity contribution in [1.29, 1.82) is 0 Å². The van der Waals surface area contributed by atoms with Gasteiger partial charge in [0.15, 0.2) is 0 Å². The van der Waals surface area contributed by atoms with Gasteiger partial charge in [0.05, 0.1) is 18.3 Å². The van der Waals surface area contributed by atoms with Gasteiger partial charge >= 0.3 is 0 Å². The molecule has 0 aliphatic heterocycles. The number of carbonyl (C=O) groups is 1. The number of nitrogens with zero attached hydrogens (tertiary/aromatic N) is 2. The highest BCUT2D eigenvalue weighted by Crippen LogP contribution is 2.38. The van der Waals surface area contributed by atoms with E-state index in [1.807, 2.05) is 20.2 Å². The fourth-order valence-electron chi connectivity index (χ4n) is 3.12. The van der Waals surface area contributed by atoms with Crippen LogP contribution < -0.4 is 10.9 Å². The summed E-state index contributed by atoms with van der Waals surface area (Å²) in [6.07, 6.45) is 5.23. The van der Waals surface area contributed by atoms with Crippen molar-refractivity contribution in [1.82, 2.24) is 20.1 Å². The number of carbonyl (C=O) groups excluding carboxylic acids is 1. The standard InChI is InChI=1S/C17H22N4O3/c1-3-13-4-11(7-15(23)19-13)17(24)20-16(10-5-14(22)6-10)12-8-18-21(2)9-12/h4,7-10,14,16,22H,3,5-6H2,1-2H3,(H,19,23)(H,20,24)/t10?,14?,16-/m1/s1. The summed E-state index contributed by atoms with van der Waals surface area (Å²) in [4.78, 5) is 27.0. The van der Waals surface area contributed by atoms with Crippen LogP contribution in [0, 0.1) is 5.92 Å². The summed E-state index contributed by atoms with van der Waals surface area (Å²) < 4.78 is 1.69. The highest BCUT2D eigenvalue weighted by molar-refractivity contribution is 5.94. The van der Waals surface area contributed by atoms with Gasteiger partial charge in [0, 0.05) is 36.1 Å². The average Bonchev–Trinajstić information content (AvgIpc) is 2.95. The number of aromatic nitrogens is 3. The molecule has 0 unspecified atom stereocenters. The number of aliphatic hydroxyl groups excluding tert-OH is 1. The molecule has 0 saturated heterocycles. The Bertz CT molecular complexity index is 789. The molecule has 128 valence electrons. The number of rotatable bonds is 5. The van der Waals surface area contributed by atoms with E-state index < -0.39 is 0 Å². The van der Waals surface area contributed by atoms with Crippen molar-refractivity contribution in [2.45, 2.75) is 38.3 Å². The van der Waals surface area contributed by atoms with Crippen LogP contribution in [0.25, 0.3) is 0 Å². The minimum Gasteiger partial charge on any atom is -0.393 e. The molecule has 2 aromatic heterocycles. The molecule has 1 saturated carbocycles. The van der Waals surface area contributed by atoms with E-state index >= 15 is 0 Å². The zero-order valence-electron chi connectivity index (χ0n) is 13.8. The second kappa shape index (κ2) is 6.60. The van der Waals surface area contributed by atoms with Gasteiger partial charge in [-0.3, -0.25) is 14.3 Å². The lowest BCUT2D eigenvalue weighted by atomic mass is 9.75. The van der Waals surface area contributed by atoms with Crippen LogP contribution in [0.3, 0.4) is 0 Å². The van der Waals surface area contributed by atoms with Crippen LogP contribution in [0.2, 0.25) is 0 Å². The molecule has 2 heterocycles. The van der Waals surface area contributed by atoms with Crippen molar-refractivity contribution < 1.29 is 9.90 Å². The fourth-order valence-corrected chi connectivity index (χ4v) is 3.12. The molecule has 0 bridgehead atoms. The highest BCUT2D eigenvalue weighted by atomic mass is 16.3. The third kappa shape index (κ3) is 3.41. The number of amides is 1. The van der Waals surface area contributed by atoms with Crippen molar-refractivity contribution >= 4 is 5.91 Å². The molecule has 1 fully saturated rings. The van der Waals surface area contributed by atoms with Crippen LogP contribution >= 0.6 is 0 Å². The number of nitrogens with one attached hydrogen (secondary N) is 2. The van der Waals surface area contributed by atoms with E-state index in [0.29, 0.717) is 24.8 Å². The van der Waals surface area contributed by atoms with E-state index in [9.17, 15) is 14.7 Å². The summed E-state index contributed by atoms with van der Waals surface area (Å²) in [5, 5.41) is 16.8. The molecule has 24 heavy (non-hydrogen) atoms. The monoisotopic (exact) mass is 330 g/mol. The molecule has 7 heteroatoms. The summed E-state index contributed by atoms with van der Waals surface area (Å²) in [5.41, 5.74) is 1.70. The maximum absolute atomic E-state index is 12.6. The van der Waals surface area contributed by atoms with Crippen molar-refractivity contribution in [3.63, 3.8) is 0 Å². The Morgan fingerprint density at radius 3 is 2.83 bits per heavy atom. The molecule has 1 aliphatic rings. The quantitative estimate of drug-likeness (QED) is 0.759. The summed E-state index contributed by atoms with van der Waals surface area (Å²) in [7, 11) is 1.82. The van der Waals surface area contributed by atoms with E-state index in [-0.39, 0.29) is 29.5 Å². The van der Waals surface area contributed by atoms with Gasteiger partial charge in [-0.1, -0.05) is 6.92 Å². The van der Waals surface area contributed by atoms with Crippen molar-refractivity contribution in [2.75, 3.05) is 0 Å². The first-order chi connectivity index (χ1) is 11.5. The third-order valence-electron chi connectivity index (χ3n) is 4.53. The summed E-state index contributed by atoms with van der Waals surface area (Å²) in [5.74, 6) is -0.119. The minimum absolute atomic E-state index is 0.167. The smallest absolute Gasteiger partial charge is 0.252 e. The van der Waals surface area contributed by atoms with Gasteiger partial charge < -0.3 is 15.4 Å². The third-order valence-corrected chi connectivity index (χ3v) is 4.53. The number of aromatic amines is 1. The largest absolute Gasteiger partial charge is 0.393 e. The Morgan fingerprint density at radius 1 is 1.50 bits per heavy atom. The SMILES string of the molecule is CCc1cc(C(=O)N[C@@H](c2cnn(C)c2)C2CC(O)C2)cc(=O)[nH]1. The first kappa shape index (κ1) is 16.4. The molecule has 1 amide bonds. The first-order valence-electron chi connectivity index (χ1n) is 8.17. The van der Waals surface area contributed by atoms with Crippen LogP contribution in [0.4, 0.5) is 0 Å². The van der Waals surface area contributed by atoms with Gasteiger partial charge in [-0.15, -0.1) is 0 Å². The van der Waals surface area contributed by atoms with Gasteiger partial charge in [-0.2, -0.15) is 5.10 Å². The van der Waals surface area contributed by atoms with E-state index in [0.717, 1.165) is 11.3 Å². The fraction of sp³-hybridized carbons (Fsp3) is 0.471. The lowest BCUT2D eigenvalue weighted by Crippen LogP contribution is -2.41. The van der Waals surface area contributed by atoms with Gasteiger partial charge in [0.25, 0.3) is 5.91 Å². The molecular formula is C17H22N4O3. The Labute approximate surface area is 139 Å². The van der Waals surface area contributed by atoms with E-state index in [4.69, 9.17) is 0 Å². The molecule has 1 atom stereocenters. The zero-order chi connectivity index (χ0) is 17.3. The van der Waals surface area contributed by atoms with Crippen LogP contribution in [-0.4, -0.2) is 31.9 Å². The van der Waals surface area contributed by atoms with Crippen molar-refractivity contribution in [3.8, 4) is 0 Å². The Kier molecular flexibility index (Phi) is 4.53. The normalized spacial score (nSPS) is 21.1. The molecule has 3 N–H and O–H groups in total. The van der Waals surface area contributed by atoms with Crippen LogP contribution in [0.5, 0.6) is 0 Å². The maximum atomic E-state index is 12.6. The second-order valence-electron chi connectivity index (χ2n) is 6.40. The number of pyridine rings is 1. The van der Waals surface area contributed by atoms with E-state index in [2.05, 4.69) is 15.4 Å². The Hall–Kier alpha value is -2.41. The predicted molar refractivity (Wildman–Crippen MR) is 88.6 cm³/mol. The number of hydrogen-bond donors (Lipinski definition) is 3. The van der Waals surface area contributed by atoms with Crippen LogP contribution in [0.1, 0.15) is 47.4 Å². The zero-order valence-corrected chi connectivity index (χ0v) is 13.8.